The smallest absolute Gasteiger partial charge is 0.152 e. The van der Waals surface area contributed by atoms with E-state index in [0.717, 1.165) is 12.1 Å². The molecule has 2 heterocycles. The zero-order chi connectivity index (χ0) is 11.1. The molecule has 0 bridgehead atoms. The molecule has 1 atom stereocenters. The van der Waals surface area contributed by atoms with E-state index in [1.54, 1.807) is 0 Å². The molecule has 0 spiro atoms. The molecule has 84 valence electrons. The van der Waals surface area contributed by atoms with E-state index in [9.17, 15) is 8.42 Å². The monoisotopic (exact) mass is 228 g/mol. The van der Waals surface area contributed by atoms with Crippen molar-refractivity contribution in [2.45, 2.75) is 32.2 Å². The van der Waals surface area contributed by atoms with Crippen LogP contribution in [0.15, 0.2) is 12.3 Å². The predicted octanol–water partition coefficient (Wildman–Crippen LogP) is 0.979. The molecule has 15 heavy (non-hydrogen) atoms. The Morgan fingerprint density at radius 3 is 2.80 bits per heavy atom. The van der Waals surface area contributed by atoms with Crippen LogP contribution in [0, 0.1) is 0 Å². The summed E-state index contributed by atoms with van der Waals surface area (Å²) in [4.78, 5) is 0. The third kappa shape index (κ3) is 1.93. The van der Waals surface area contributed by atoms with E-state index in [-0.39, 0.29) is 17.0 Å². The van der Waals surface area contributed by atoms with Gasteiger partial charge in [0, 0.05) is 6.20 Å². The van der Waals surface area contributed by atoms with E-state index >= 15 is 0 Å². The fraction of sp³-hybridized carbons (Fsp3) is 0.700. The summed E-state index contributed by atoms with van der Waals surface area (Å²) in [5.74, 6) is 0.496. The van der Waals surface area contributed by atoms with Crippen LogP contribution in [-0.4, -0.2) is 29.7 Å². The van der Waals surface area contributed by atoms with E-state index in [4.69, 9.17) is 0 Å². The summed E-state index contributed by atoms with van der Waals surface area (Å²) in [6.07, 6.45) is 3.44. The summed E-state index contributed by atoms with van der Waals surface area (Å²) < 4.78 is 24.7. The first kappa shape index (κ1) is 10.7. The maximum atomic E-state index is 11.5. The molecule has 1 aliphatic heterocycles. The second-order valence-corrected chi connectivity index (χ2v) is 6.63. The van der Waals surface area contributed by atoms with Gasteiger partial charge in [-0.1, -0.05) is 6.92 Å². The predicted molar refractivity (Wildman–Crippen MR) is 58.5 cm³/mol. The Bertz CT molecular complexity index is 464. The third-order valence-electron chi connectivity index (χ3n) is 3.04. The van der Waals surface area contributed by atoms with Gasteiger partial charge < -0.3 is 0 Å². The molecule has 0 aliphatic carbocycles. The molecule has 1 unspecified atom stereocenters. The third-order valence-corrected chi connectivity index (χ3v) is 4.93. The van der Waals surface area contributed by atoms with Crippen LogP contribution in [-0.2, 0) is 21.8 Å². The first-order valence-corrected chi connectivity index (χ1v) is 7.03. The largest absolute Gasteiger partial charge is 0.266 e. The molecule has 5 heteroatoms. The molecular formula is C10H16N2O2S. The van der Waals surface area contributed by atoms with Crippen molar-refractivity contribution in [1.29, 1.82) is 0 Å². The van der Waals surface area contributed by atoms with Crippen molar-refractivity contribution in [3.8, 4) is 0 Å². The highest BCUT2D eigenvalue weighted by molar-refractivity contribution is 7.91. The quantitative estimate of drug-likeness (QED) is 0.758. The Kier molecular flexibility index (Phi) is 2.37. The summed E-state index contributed by atoms with van der Waals surface area (Å²) in [5.41, 5.74) is 0.673. The van der Waals surface area contributed by atoms with Crippen molar-refractivity contribution in [1.82, 2.24) is 9.78 Å². The Morgan fingerprint density at radius 2 is 2.33 bits per heavy atom. The summed E-state index contributed by atoms with van der Waals surface area (Å²) in [7, 11) is -2.86. The molecule has 1 aliphatic rings. The van der Waals surface area contributed by atoms with Crippen molar-refractivity contribution < 1.29 is 8.42 Å². The molecule has 0 aromatic carbocycles. The minimum atomic E-state index is -2.86. The first-order valence-electron chi connectivity index (χ1n) is 5.21. The van der Waals surface area contributed by atoms with Gasteiger partial charge in [-0.05, 0) is 25.8 Å². The molecule has 0 saturated carbocycles. The number of nitrogens with zero attached hydrogens (tertiary/aromatic N) is 2. The zero-order valence-electron chi connectivity index (χ0n) is 9.10. The number of sulfone groups is 1. The fourth-order valence-corrected chi connectivity index (χ4v) is 4.14. The number of hydrogen-bond acceptors (Lipinski definition) is 3. The van der Waals surface area contributed by atoms with Crippen LogP contribution in [0.3, 0.4) is 0 Å². The van der Waals surface area contributed by atoms with E-state index < -0.39 is 9.84 Å². The second-order valence-electron chi connectivity index (χ2n) is 4.44. The van der Waals surface area contributed by atoms with Crippen molar-refractivity contribution in [3.05, 3.63) is 18.0 Å². The van der Waals surface area contributed by atoms with Crippen molar-refractivity contribution in [2.24, 2.45) is 0 Å². The number of rotatable bonds is 2. The van der Waals surface area contributed by atoms with Crippen molar-refractivity contribution in [3.63, 3.8) is 0 Å². The average molecular weight is 228 g/mol. The van der Waals surface area contributed by atoms with Crippen LogP contribution >= 0.6 is 0 Å². The van der Waals surface area contributed by atoms with Crippen LogP contribution in [0.2, 0.25) is 0 Å². The maximum absolute atomic E-state index is 11.5. The highest BCUT2D eigenvalue weighted by atomic mass is 32.2. The van der Waals surface area contributed by atoms with Crippen molar-refractivity contribution in [2.75, 3.05) is 11.5 Å². The Labute approximate surface area is 90.2 Å². The topological polar surface area (TPSA) is 52.0 Å². The van der Waals surface area contributed by atoms with Gasteiger partial charge in [-0.15, -0.1) is 0 Å². The molecule has 0 radical (unpaired) electrons. The van der Waals surface area contributed by atoms with E-state index in [0.29, 0.717) is 6.42 Å². The first-order chi connectivity index (χ1) is 6.95. The van der Waals surface area contributed by atoms with Crippen LogP contribution in [0.5, 0.6) is 0 Å². The van der Waals surface area contributed by atoms with Crippen LogP contribution < -0.4 is 0 Å². The van der Waals surface area contributed by atoms with Gasteiger partial charge in [0.2, 0.25) is 0 Å². The summed E-state index contributed by atoms with van der Waals surface area (Å²) in [6, 6.07) is 1.95. The van der Waals surface area contributed by atoms with Gasteiger partial charge in [-0.2, -0.15) is 5.10 Å². The molecule has 2 rings (SSSR count). The minimum absolute atomic E-state index is 0.213. The Hall–Kier alpha value is -0.840. The van der Waals surface area contributed by atoms with Gasteiger partial charge in [-0.3, -0.25) is 4.68 Å². The van der Waals surface area contributed by atoms with Gasteiger partial charge in [0.1, 0.15) is 0 Å². The van der Waals surface area contributed by atoms with Crippen LogP contribution in [0.1, 0.15) is 26.0 Å². The highest BCUT2D eigenvalue weighted by Gasteiger charge is 2.40. The van der Waals surface area contributed by atoms with E-state index in [2.05, 4.69) is 5.10 Å². The van der Waals surface area contributed by atoms with Gasteiger partial charge in [0.15, 0.2) is 9.84 Å². The molecule has 1 aromatic rings. The summed E-state index contributed by atoms with van der Waals surface area (Å²) >= 11 is 0. The lowest BCUT2D eigenvalue weighted by molar-refractivity contribution is 0.327. The van der Waals surface area contributed by atoms with Crippen LogP contribution in [0.4, 0.5) is 0 Å². The lowest BCUT2D eigenvalue weighted by atomic mass is 10.0. The zero-order valence-corrected chi connectivity index (χ0v) is 9.92. The molecule has 1 fully saturated rings. The van der Waals surface area contributed by atoms with Gasteiger partial charge >= 0.3 is 0 Å². The number of aryl methyl sites for hydroxylation is 1. The highest BCUT2D eigenvalue weighted by Crippen LogP contribution is 2.29. The normalized spacial score (nSPS) is 29.5. The standard InChI is InChI=1S/C10H16N2O2S/c1-3-9-4-6-12(11-9)10(2)5-7-15(13,14)8-10/h4,6H,3,5,7-8H2,1-2H3. The Balaban J connectivity index is 2.31. The molecular weight excluding hydrogens is 212 g/mol. The van der Waals surface area contributed by atoms with Crippen LogP contribution in [0.25, 0.3) is 0 Å². The molecule has 0 N–H and O–H groups in total. The fourth-order valence-electron chi connectivity index (χ4n) is 2.03. The average Bonchev–Trinajstić information content (AvgIpc) is 2.71. The van der Waals surface area contributed by atoms with Crippen molar-refractivity contribution >= 4 is 9.84 Å². The second kappa shape index (κ2) is 3.33. The van der Waals surface area contributed by atoms with Gasteiger partial charge in [0.05, 0.1) is 22.7 Å². The number of aromatic nitrogens is 2. The van der Waals surface area contributed by atoms with E-state index in [1.165, 1.54) is 0 Å². The van der Waals surface area contributed by atoms with Gasteiger partial charge in [-0.25, -0.2) is 8.42 Å². The maximum Gasteiger partial charge on any atom is 0.152 e. The Morgan fingerprint density at radius 1 is 1.60 bits per heavy atom. The SMILES string of the molecule is CCc1ccn(C2(C)CCS(=O)(=O)C2)n1. The minimum Gasteiger partial charge on any atom is -0.266 e. The molecule has 0 amide bonds. The summed E-state index contributed by atoms with van der Waals surface area (Å²) in [5, 5.41) is 4.40. The molecule has 1 aromatic heterocycles. The van der Waals surface area contributed by atoms with Gasteiger partial charge in [0.25, 0.3) is 0 Å². The van der Waals surface area contributed by atoms with E-state index in [1.807, 2.05) is 30.8 Å². The summed E-state index contributed by atoms with van der Waals surface area (Å²) in [6.45, 7) is 4.00. The lowest BCUT2D eigenvalue weighted by Gasteiger charge is -2.22. The molecule has 1 saturated heterocycles. The number of hydrogen-bond donors (Lipinski definition) is 0. The molecule has 4 nitrogen and oxygen atoms in total. The lowest BCUT2D eigenvalue weighted by Crippen LogP contribution is -2.31.